The number of rotatable bonds is 6. The molecule has 2 heteroatoms. The molecule has 0 amide bonds. The zero-order valence-electron chi connectivity index (χ0n) is 10.1. The average Bonchev–Trinajstić information content (AvgIpc) is 2.35. The molecule has 1 rings (SSSR count). The van der Waals surface area contributed by atoms with Crippen molar-refractivity contribution in [2.45, 2.75) is 19.8 Å². The van der Waals surface area contributed by atoms with Gasteiger partial charge in [0.05, 0.1) is 6.61 Å². The highest BCUT2D eigenvalue weighted by atomic mass is 16.5. The van der Waals surface area contributed by atoms with Crippen molar-refractivity contribution in [2.75, 3.05) is 6.61 Å². The summed E-state index contributed by atoms with van der Waals surface area (Å²) < 4.78 is 4.77. The highest BCUT2D eigenvalue weighted by molar-refractivity contribution is 5.81. The van der Waals surface area contributed by atoms with Crippen LogP contribution in [-0.4, -0.2) is 12.6 Å². The number of hydrogen-bond acceptors (Lipinski definition) is 2. The van der Waals surface area contributed by atoms with Crippen LogP contribution in [0, 0.1) is 0 Å². The van der Waals surface area contributed by atoms with Gasteiger partial charge in [0.25, 0.3) is 0 Å². The molecule has 0 heterocycles. The highest BCUT2D eigenvalue weighted by Gasteiger charge is 1.91. The first-order chi connectivity index (χ1) is 8.33. The van der Waals surface area contributed by atoms with E-state index in [9.17, 15) is 4.79 Å². The molecule has 90 valence electrons. The van der Waals surface area contributed by atoms with Crippen molar-refractivity contribution < 1.29 is 9.53 Å². The third-order valence-electron chi connectivity index (χ3n) is 2.15. The lowest BCUT2D eigenvalue weighted by Gasteiger charge is -1.94. The zero-order valence-corrected chi connectivity index (χ0v) is 10.1. The van der Waals surface area contributed by atoms with Gasteiger partial charge >= 0.3 is 5.97 Å². The van der Waals surface area contributed by atoms with Crippen LogP contribution in [0.15, 0.2) is 48.6 Å². The van der Waals surface area contributed by atoms with Crippen molar-refractivity contribution in [1.82, 2.24) is 0 Å². The van der Waals surface area contributed by atoms with Crippen molar-refractivity contribution in [2.24, 2.45) is 0 Å². The molecule has 17 heavy (non-hydrogen) atoms. The van der Waals surface area contributed by atoms with E-state index in [4.69, 9.17) is 4.74 Å². The maximum Gasteiger partial charge on any atom is 0.330 e. The lowest BCUT2D eigenvalue weighted by Crippen LogP contribution is -1.98. The third kappa shape index (κ3) is 6.36. The van der Waals surface area contributed by atoms with Gasteiger partial charge in [-0.2, -0.15) is 0 Å². The van der Waals surface area contributed by atoms with Gasteiger partial charge in [-0.25, -0.2) is 4.79 Å². The molecule has 0 aliphatic heterocycles. The van der Waals surface area contributed by atoms with Crippen LogP contribution in [0.2, 0.25) is 0 Å². The summed E-state index contributed by atoms with van der Waals surface area (Å²) in [6.45, 7) is 2.23. The number of benzene rings is 1. The Labute approximate surface area is 103 Å². The fraction of sp³-hybridized carbons (Fsp3) is 0.267. The first kappa shape index (κ1) is 13.2. The summed E-state index contributed by atoms with van der Waals surface area (Å²) in [5, 5.41) is 0. The molecule has 0 aliphatic rings. The fourth-order valence-electron chi connectivity index (χ4n) is 1.35. The Hall–Kier alpha value is -1.83. The van der Waals surface area contributed by atoms with Crippen molar-refractivity contribution in [3.05, 3.63) is 54.1 Å². The second-order valence-electron chi connectivity index (χ2n) is 3.54. The Kier molecular flexibility index (Phi) is 6.49. The summed E-state index contributed by atoms with van der Waals surface area (Å²) in [5.74, 6) is -0.264. The SMILES string of the molecule is CCOC(=O)/C=C/CC/C=C\c1ccccc1. The van der Waals surface area contributed by atoms with Crippen LogP contribution in [0.25, 0.3) is 6.08 Å². The number of ether oxygens (including phenoxy) is 1. The van der Waals surface area contributed by atoms with Crippen LogP contribution in [0.5, 0.6) is 0 Å². The summed E-state index contributed by atoms with van der Waals surface area (Å²) in [5.41, 5.74) is 1.20. The van der Waals surface area contributed by atoms with Gasteiger partial charge < -0.3 is 4.74 Å². The van der Waals surface area contributed by atoms with E-state index in [1.54, 1.807) is 6.92 Å². The van der Waals surface area contributed by atoms with Gasteiger partial charge in [-0.1, -0.05) is 48.6 Å². The summed E-state index contributed by atoms with van der Waals surface area (Å²) in [4.78, 5) is 11.0. The van der Waals surface area contributed by atoms with Crippen molar-refractivity contribution >= 4 is 12.0 Å². The average molecular weight is 230 g/mol. The quantitative estimate of drug-likeness (QED) is 0.424. The van der Waals surface area contributed by atoms with Gasteiger partial charge in [-0.05, 0) is 25.3 Å². The summed E-state index contributed by atoms with van der Waals surface area (Å²) >= 11 is 0. The van der Waals surface area contributed by atoms with Gasteiger partial charge in [0.1, 0.15) is 0 Å². The lowest BCUT2D eigenvalue weighted by molar-refractivity contribution is -0.137. The minimum Gasteiger partial charge on any atom is -0.463 e. The highest BCUT2D eigenvalue weighted by Crippen LogP contribution is 2.03. The van der Waals surface area contributed by atoms with E-state index >= 15 is 0 Å². The van der Waals surface area contributed by atoms with Crippen molar-refractivity contribution in [3.63, 3.8) is 0 Å². The standard InChI is InChI=1S/C15H18O2/c1-2-17-15(16)13-9-4-3-6-10-14-11-7-5-8-12-14/h5-13H,2-4H2,1H3/b10-6-,13-9+. The van der Waals surface area contributed by atoms with Crippen LogP contribution in [0.1, 0.15) is 25.3 Å². The Bertz CT molecular complexity index is 377. The number of carbonyl (C=O) groups excluding carboxylic acids is 1. The molecule has 0 aromatic heterocycles. The number of carbonyl (C=O) groups is 1. The largest absolute Gasteiger partial charge is 0.463 e. The van der Waals surface area contributed by atoms with E-state index in [2.05, 4.69) is 24.3 Å². The smallest absolute Gasteiger partial charge is 0.330 e. The van der Waals surface area contributed by atoms with Crippen LogP contribution < -0.4 is 0 Å². The van der Waals surface area contributed by atoms with E-state index < -0.39 is 0 Å². The number of allylic oxidation sites excluding steroid dienone is 2. The molecule has 0 bridgehead atoms. The number of esters is 1. The Morgan fingerprint density at radius 3 is 2.59 bits per heavy atom. The lowest BCUT2D eigenvalue weighted by atomic mass is 10.2. The first-order valence-corrected chi connectivity index (χ1v) is 5.88. The van der Waals surface area contributed by atoms with Crippen molar-refractivity contribution in [1.29, 1.82) is 0 Å². The zero-order chi connectivity index (χ0) is 12.3. The van der Waals surface area contributed by atoms with Gasteiger partial charge in [0.15, 0.2) is 0 Å². The summed E-state index contributed by atoms with van der Waals surface area (Å²) in [6, 6.07) is 10.1. The van der Waals surface area contributed by atoms with Crippen LogP contribution in [-0.2, 0) is 9.53 Å². The monoisotopic (exact) mass is 230 g/mol. The molecule has 0 saturated carbocycles. The number of unbranched alkanes of at least 4 members (excludes halogenated alkanes) is 1. The van der Waals surface area contributed by atoms with Crippen LogP contribution in [0.3, 0.4) is 0 Å². The summed E-state index contributed by atoms with van der Waals surface area (Å²) in [7, 11) is 0. The Morgan fingerprint density at radius 2 is 1.88 bits per heavy atom. The predicted molar refractivity (Wildman–Crippen MR) is 70.5 cm³/mol. The molecular formula is C15H18O2. The molecule has 0 N–H and O–H groups in total. The van der Waals surface area contributed by atoms with E-state index in [0.29, 0.717) is 6.61 Å². The minimum atomic E-state index is -0.264. The van der Waals surface area contributed by atoms with Gasteiger partial charge in [0, 0.05) is 6.08 Å². The van der Waals surface area contributed by atoms with Crippen molar-refractivity contribution in [3.8, 4) is 0 Å². The molecule has 0 fully saturated rings. The molecule has 0 atom stereocenters. The molecular weight excluding hydrogens is 212 g/mol. The normalized spacial score (nSPS) is 11.1. The second-order valence-corrected chi connectivity index (χ2v) is 3.54. The van der Waals surface area contributed by atoms with E-state index in [1.165, 1.54) is 11.6 Å². The maximum absolute atomic E-state index is 11.0. The first-order valence-electron chi connectivity index (χ1n) is 5.88. The fourth-order valence-corrected chi connectivity index (χ4v) is 1.35. The van der Waals surface area contributed by atoms with Gasteiger partial charge in [0.2, 0.25) is 0 Å². The Morgan fingerprint density at radius 1 is 1.18 bits per heavy atom. The van der Waals surface area contributed by atoms with Gasteiger partial charge in [-0.15, -0.1) is 0 Å². The van der Waals surface area contributed by atoms with E-state index in [0.717, 1.165) is 12.8 Å². The minimum absolute atomic E-state index is 0.264. The maximum atomic E-state index is 11.0. The predicted octanol–water partition coefficient (Wildman–Crippen LogP) is 3.60. The summed E-state index contributed by atoms with van der Waals surface area (Å²) in [6.07, 6.45) is 9.28. The third-order valence-corrected chi connectivity index (χ3v) is 2.15. The molecule has 2 nitrogen and oxygen atoms in total. The van der Waals surface area contributed by atoms with Crippen LogP contribution in [0.4, 0.5) is 0 Å². The van der Waals surface area contributed by atoms with Gasteiger partial charge in [-0.3, -0.25) is 0 Å². The molecule has 1 aromatic carbocycles. The molecule has 0 radical (unpaired) electrons. The van der Waals surface area contributed by atoms with Crippen LogP contribution >= 0.6 is 0 Å². The van der Waals surface area contributed by atoms with E-state index in [1.807, 2.05) is 24.3 Å². The molecule has 0 spiro atoms. The Balaban J connectivity index is 2.20. The number of hydrogen-bond donors (Lipinski definition) is 0. The molecule has 0 aliphatic carbocycles. The second kappa shape index (κ2) is 8.34. The topological polar surface area (TPSA) is 26.3 Å². The molecule has 0 saturated heterocycles. The molecule has 0 unspecified atom stereocenters. The van der Waals surface area contributed by atoms with E-state index in [-0.39, 0.29) is 5.97 Å². The molecule has 1 aromatic rings.